The van der Waals surface area contributed by atoms with Gasteiger partial charge in [0.25, 0.3) is 5.91 Å². The molecule has 3 rings (SSSR count). The molecule has 1 aromatic carbocycles. The Bertz CT molecular complexity index is 720. The number of hydrogen-bond acceptors (Lipinski definition) is 5. The summed E-state index contributed by atoms with van der Waals surface area (Å²) >= 11 is 0. The van der Waals surface area contributed by atoms with Crippen LogP contribution in [-0.2, 0) is 19.1 Å². The molecule has 7 nitrogen and oxygen atoms in total. The Hall–Kier alpha value is -2.57. The van der Waals surface area contributed by atoms with Crippen LogP contribution in [0.1, 0.15) is 32.6 Å². The van der Waals surface area contributed by atoms with E-state index in [1.807, 2.05) is 48.2 Å². The quantitative estimate of drug-likeness (QED) is 0.758. The number of benzene rings is 1. The fraction of sp³-hybridized carbons (Fsp3) is 0.571. The molecule has 1 unspecified atom stereocenters. The van der Waals surface area contributed by atoms with E-state index < -0.39 is 6.10 Å². The highest BCUT2D eigenvalue weighted by Gasteiger charge is 2.36. The summed E-state index contributed by atoms with van der Waals surface area (Å²) in [4.78, 5) is 40.6. The van der Waals surface area contributed by atoms with Crippen LogP contribution in [0.2, 0.25) is 0 Å². The Morgan fingerprint density at radius 2 is 1.64 bits per heavy atom. The topological polar surface area (TPSA) is 78.9 Å². The van der Waals surface area contributed by atoms with Gasteiger partial charge in [-0.1, -0.05) is 0 Å². The molecule has 2 fully saturated rings. The third kappa shape index (κ3) is 5.03. The largest absolute Gasteiger partial charge is 0.452 e. The average Bonchev–Trinajstić information content (AvgIpc) is 3.53. The second-order valence-electron chi connectivity index (χ2n) is 7.88. The van der Waals surface area contributed by atoms with Gasteiger partial charge in [-0.2, -0.15) is 0 Å². The smallest absolute Gasteiger partial charge is 0.309 e. The number of nitrogens with zero attached hydrogens (tertiary/aromatic N) is 2. The first kappa shape index (κ1) is 20.2. The minimum atomic E-state index is -0.868. The molecule has 1 atom stereocenters. The van der Waals surface area contributed by atoms with Crippen molar-refractivity contribution >= 4 is 29.2 Å². The number of ether oxygens (including phenoxy) is 1. The van der Waals surface area contributed by atoms with Gasteiger partial charge in [-0.05, 0) is 56.9 Å². The molecule has 7 heteroatoms. The van der Waals surface area contributed by atoms with E-state index in [9.17, 15) is 14.4 Å². The molecule has 0 spiro atoms. The maximum absolute atomic E-state index is 12.4. The van der Waals surface area contributed by atoms with Gasteiger partial charge in [-0.15, -0.1) is 0 Å². The highest BCUT2D eigenvalue weighted by Crippen LogP contribution is 2.32. The van der Waals surface area contributed by atoms with Crippen LogP contribution >= 0.6 is 0 Å². The molecular weight excluding hydrogens is 358 g/mol. The van der Waals surface area contributed by atoms with Gasteiger partial charge in [0, 0.05) is 44.5 Å². The number of nitrogens with one attached hydrogen (secondary N) is 1. The summed E-state index contributed by atoms with van der Waals surface area (Å²) in [6.45, 7) is 2.76. The van der Waals surface area contributed by atoms with Gasteiger partial charge in [0.05, 0.1) is 5.92 Å². The molecule has 1 heterocycles. The summed E-state index contributed by atoms with van der Waals surface area (Å²) in [6.07, 6.45) is 2.30. The van der Waals surface area contributed by atoms with Crippen molar-refractivity contribution in [1.29, 1.82) is 0 Å². The summed E-state index contributed by atoms with van der Waals surface area (Å²) in [5, 5.41) is 2.77. The predicted molar refractivity (Wildman–Crippen MR) is 107 cm³/mol. The number of carbonyl (C=O) groups is 3. The lowest BCUT2D eigenvalue weighted by atomic mass is 9.96. The first-order valence-electron chi connectivity index (χ1n) is 9.92. The molecule has 1 saturated carbocycles. The molecule has 1 N–H and O–H groups in total. The second kappa shape index (κ2) is 8.63. The molecule has 152 valence electrons. The van der Waals surface area contributed by atoms with Crippen molar-refractivity contribution in [3.8, 4) is 0 Å². The highest BCUT2D eigenvalue weighted by atomic mass is 16.5. The van der Waals surface area contributed by atoms with Crippen molar-refractivity contribution in [2.75, 3.05) is 37.4 Å². The number of likely N-dealkylation sites (tertiary alicyclic amines) is 1. The van der Waals surface area contributed by atoms with E-state index in [1.54, 1.807) is 6.92 Å². The van der Waals surface area contributed by atoms with Crippen molar-refractivity contribution in [3.63, 3.8) is 0 Å². The molecule has 1 aromatic rings. The minimum absolute atomic E-state index is 0.207. The zero-order valence-electron chi connectivity index (χ0n) is 16.8. The summed E-state index contributed by atoms with van der Waals surface area (Å²) in [7, 11) is 3.89. The van der Waals surface area contributed by atoms with E-state index in [-0.39, 0.29) is 29.6 Å². The standard InChI is InChI=1S/C21H29N3O4/c1-14(19(25)22-17-6-8-18(9-7-17)23(2)3)28-21(27)16-10-12-24(13-11-16)20(26)15-4-5-15/h6-9,14-16H,4-5,10-13H2,1-3H3,(H,22,25). The number of piperidine rings is 1. The van der Waals surface area contributed by atoms with Crippen LogP contribution < -0.4 is 10.2 Å². The lowest BCUT2D eigenvalue weighted by Crippen LogP contribution is -2.42. The van der Waals surface area contributed by atoms with Crippen LogP contribution in [-0.4, -0.2) is 56.0 Å². The van der Waals surface area contributed by atoms with Crippen LogP contribution in [0.3, 0.4) is 0 Å². The number of anilines is 2. The van der Waals surface area contributed by atoms with E-state index in [1.165, 1.54) is 0 Å². The Balaban J connectivity index is 1.44. The molecule has 2 amide bonds. The molecule has 28 heavy (non-hydrogen) atoms. The second-order valence-corrected chi connectivity index (χ2v) is 7.88. The fourth-order valence-electron chi connectivity index (χ4n) is 3.33. The van der Waals surface area contributed by atoms with Crippen LogP contribution in [0.4, 0.5) is 11.4 Å². The van der Waals surface area contributed by atoms with Gasteiger partial charge in [0.2, 0.25) is 5.91 Å². The number of carbonyl (C=O) groups excluding carboxylic acids is 3. The lowest BCUT2D eigenvalue weighted by Gasteiger charge is -2.31. The SMILES string of the molecule is CC(OC(=O)C1CCN(C(=O)C2CC2)CC1)C(=O)Nc1ccc(N(C)C)cc1. The summed E-state index contributed by atoms with van der Waals surface area (Å²) in [6, 6.07) is 7.44. The van der Waals surface area contributed by atoms with Crippen LogP contribution in [0.15, 0.2) is 24.3 Å². The lowest BCUT2D eigenvalue weighted by molar-refractivity contribution is -0.159. The molecule has 1 aliphatic heterocycles. The number of rotatable bonds is 6. The van der Waals surface area contributed by atoms with E-state index in [0.717, 1.165) is 18.5 Å². The van der Waals surface area contributed by atoms with E-state index >= 15 is 0 Å². The van der Waals surface area contributed by atoms with Gasteiger partial charge in [-0.25, -0.2) is 0 Å². The zero-order chi connectivity index (χ0) is 20.3. The zero-order valence-corrected chi connectivity index (χ0v) is 16.8. The predicted octanol–water partition coefficient (Wildman–Crippen LogP) is 2.27. The van der Waals surface area contributed by atoms with Crippen LogP contribution in [0.5, 0.6) is 0 Å². The van der Waals surface area contributed by atoms with Gasteiger partial charge in [0.1, 0.15) is 0 Å². The molecule has 0 radical (unpaired) electrons. The van der Waals surface area contributed by atoms with Crippen molar-refractivity contribution < 1.29 is 19.1 Å². The van der Waals surface area contributed by atoms with E-state index in [2.05, 4.69) is 5.32 Å². The average molecular weight is 387 g/mol. The third-order valence-electron chi connectivity index (χ3n) is 5.38. The summed E-state index contributed by atoms with van der Waals surface area (Å²) < 4.78 is 5.38. The van der Waals surface area contributed by atoms with Crippen LogP contribution in [0, 0.1) is 11.8 Å². The Kier molecular flexibility index (Phi) is 6.21. The Labute approximate surface area is 166 Å². The van der Waals surface area contributed by atoms with Crippen LogP contribution in [0.25, 0.3) is 0 Å². The summed E-state index contributed by atoms with van der Waals surface area (Å²) in [5.41, 5.74) is 1.69. The van der Waals surface area contributed by atoms with E-state index in [0.29, 0.717) is 31.6 Å². The Morgan fingerprint density at radius 3 is 2.18 bits per heavy atom. The first-order valence-corrected chi connectivity index (χ1v) is 9.92. The van der Waals surface area contributed by atoms with E-state index in [4.69, 9.17) is 4.74 Å². The number of esters is 1. The van der Waals surface area contributed by atoms with Crippen molar-refractivity contribution in [2.45, 2.75) is 38.7 Å². The Morgan fingerprint density at radius 1 is 1.04 bits per heavy atom. The van der Waals surface area contributed by atoms with Crippen molar-refractivity contribution in [3.05, 3.63) is 24.3 Å². The minimum Gasteiger partial charge on any atom is -0.452 e. The maximum Gasteiger partial charge on any atom is 0.309 e. The summed E-state index contributed by atoms with van der Waals surface area (Å²) in [5.74, 6) is -0.534. The molecule has 2 aliphatic rings. The highest BCUT2D eigenvalue weighted by molar-refractivity contribution is 5.95. The number of hydrogen-bond donors (Lipinski definition) is 1. The van der Waals surface area contributed by atoms with Crippen molar-refractivity contribution in [2.24, 2.45) is 11.8 Å². The monoisotopic (exact) mass is 387 g/mol. The van der Waals surface area contributed by atoms with Crippen molar-refractivity contribution in [1.82, 2.24) is 4.90 Å². The van der Waals surface area contributed by atoms with Gasteiger partial charge in [-0.3, -0.25) is 14.4 Å². The third-order valence-corrected chi connectivity index (χ3v) is 5.38. The van der Waals surface area contributed by atoms with Gasteiger partial charge < -0.3 is 19.9 Å². The first-order chi connectivity index (χ1) is 13.3. The molecule has 1 aliphatic carbocycles. The molecule has 0 bridgehead atoms. The molecular formula is C21H29N3O4. The molecule has 1 saturated heterocycles. The van der Waals surface area contributed by atoms with Gasteiger partial charge in [0.15, 0.2) is 6.10 Å². The maximum atomic E-state index is 12.4. The normalized spacial score (nSPS) is 18.3. The van der Waals surface area contributed by atoms with Gasteiger partial charge >= 0.3 is 5.97 Å². The number of amides is 2. The molecule has 0 aromatic heterocycles. The fourth-order valence-corrected chi connectivity index (χ4v) is 3.33.